The Labute approximate surface area is 310 Å². The van der Waals surface area contributed by atoms with Gasteiger partial charge in [0.2, 0.25) is 11.8 Å². The highest BCUT2D eigenvalue weighted by Crippen LogP contribution is 2.36. The van der Waals surface area contributed by atoms with E-state index in [9.17, 15) is 22.2 Å². The van der Waals surface area contributed by atoms with E-state index in [2.05, 4.69) is 47.6 Å². The number of ether oxygens (including phenoxy) is 2. The van der Waals surface area contributed by atoms with Crippen LogP contribution in [0.2, 0.25) is 0 Å². The predicted octanol–water partition coefficient (Wildman–Crippen LogP) is 8.83. The zero-order valence-electron chi connectivity index (χ0n) is 30.4. The van der Waals surface area contributed by atoms with Crippen LogP contribution in [0.5, 0.6) is 5.88 Å². The van der Waals surface area contributed by atoms with Gasteiger partial charge in [-0.2, -0.15) is 4.98 Å². The Kier molecular flexibility index (Phi) is 11.3. The lowest BCUT2D eigenvalue weighted by Gasteiger charge is -2.39. The lowest BCUT2D eigenvalue weighted by atomic mass is 9.95. The highest BCUT2D eigenvalue weighted by molar-refractivity contribution is 7.86. The highest BCUT2D eigenvalue weighted by atomic mass is 32.2. The van der Waals surface area contributed by atoms with E-state index in [-0.39, 0.29) is 40.7 Å². The fourth-order valence-corrected chi connectivity index (χ4v) is 7.66. The number of allylic oxidation sites excluding steroid dienone is 5. The second-order valence-corrected chi connectivity index (χ2v) is 15.8. The van der Waals surface area contributed by atoms with Gasteiger partial charge in [-0.05, 0) is 86.3 Å². The number of benzene rings is 2. The number of alkyl halides is 3. The van der Waals surface area contributed by atoms with Crippen LogP contribution < -0.4 is 9.46 Å². The second-order valence-electron chi connectivity index (χ2n) is 14.6. The Morgan fingerprint density at radius 3 is 2.47 bits per heavy atom. The highest BCUT2D eigenvalue weighted by Gasteiger charge is 2.45. The molecule has 9 nitrogen and oxygen atoms in total. The standard InChI is InChI=1S/C40H44F3N5O4S/c1-25-11-8-12-26(2)36(25)31-22-35-46-38(45-31)47-53(50)29-15-9-14-28(21-29)37(49)48-32(17-10-18-34(33(48)24-51-35)52-40(41,42)43)30-16-7-6-13-27(23-44-30)19-20-39(3,4)5/h8-9,11-16,19-23,32-34H,6-7,10,17-18,24H2,1-5H3,(H,45,46,47)/b20-19?,27-13-,30-16-,44-23+/t32?,33-,34+,53?/m0/s1. The van der Waals surface area contributed by atoms with Crippen molar-refractivity contribution in [3.05, 3.63) is 101 Å². The quantitative estimate of drug-likeness (QED) is 0.286. The average Bonchev–Trinajstić information content (AvgIpc) is 3.24. The molecule has 4 heterocycles. The number of fused-ring (bicyclic) bond motifs is 5. The van der Waals surface area contributed by atoms with Gasteiger partial charge < -0.3 is 9.64 Å². The number of hydrogen-bond acceptors (Lipinski definition) is 7. The van der Waals surface area contributed by atoms with Gasteiger partial charge in [-0.3, -0.25) is 19.2 Å². The summed E-state index contributed by atoms with van der Waals surface area (Å²) >= 11 is 0. The van der Waals surface area contributed by atoms with Crippen LogP contribution in [0.3, 0.4) is 0 Å². The minimum atomic E-state index is -4.98. The summed E-state index contributed by atoms with van der Waals surface area (Å²) in [6.07, 6.45) is 5.44. The molecule has 0 spiro atoms. The van der Waals surface area contributed by atoms with Crippen LogP contribution in [0.25, 0.3) is 11.3 Å². The molecule has 3 aliphatic heterocycles. The topological polar surface area (TPSA) is 106 Å². The zero-order chi connectivity index (χ0) is 37.9. The van der Waals surface area contributed by atoms with Crippen molar-refractivity contribution >= 4 is 29.1 Å². The molecule has 53 heavy (non-hydrogen) atoms. The summed E-state index contributed by atoms with van der Waals surface area (Å²) in [5.41, 5.74) is 4.69. The molecule has 4 atom stereocenters. The molecular formula is C40H44F3N5O4S. The Bertz CT molecular complexity index is 1980. The molecule has 1 saturated heterocycles. The van der Waals surface area contributed by atoms with E-state index in [4.69, 9.17) is 14.5 Å². The third-order valence-electron chi connectivity index (χ3n) is 9.31. The van der Waals surface area contributed by atoms with Crippen molar-refractivity contribution in [1.82, 2.24) is 14.9 Å². The van der Waals surface area contributed by atoms with Gasteiger partial charge in [-0.15, -0.1) is 13.2 Å². The molecular weight excluding hydrogens is 704 g/mol. The fourth-order valence-electron chi connectivity index (χ4n) is 6.85. The number of halogens is 3. The third kappa shape index (κ3) is 9.49. The lowest BCUT2D eigenvalue weighted by Crippen LogP contribution is -2.55. The van der Waals surface area contributed by atoms with Crippen LogP contribution in [0.1, 0.15) is 74.4 Å². The van der Waals surface area contributed by atoms with Crippen LogP contribution in [0, 0.1) is 19.3 Å². The summed E-state index contributed by atoms with van der Waals surface area (Å²) in [6.45, 7) is 9.78. The first-order valence-corrected chi connectivity index (χ1v) is 18.9. The van der Waals surface area contributed by atoms with Gasteiger partial charge in [0, 0.05) is 23.4 Å². The number of aryl methyl sites for hydroxylation is 2. The molecule has 2 unspecified atom stereocenters. The Morgan fingerprint density at radius 2 is 1.74 bits per heavy atom. The number of carbonyl (C=O) groups is 1. The van der Waals surface area contributed by atoms with Gasteiger partial charge in [0.1, 0.15) is 6.61 Å². The van der Waals surface area contributed by atoms with Crippen molar-refractivity contribution < 1.29 is 31.6 Å². The van der Waals surface area contributed by atoms with Crippen molar-refractivity contribution in [2.24, 2.45) is 10.4 Å². The van der Waals surface area contributed by atoms with Gasteiger partial charge in [0.05, 0.1) is 34.5 Å². The molecule has 1 fully saturated rings. The molecule has 3 aliphatic rings. The summed E-state index contributed by atoms with van der Waals surface area (Å²) < 4.78 is 69.9. The Morgan fingerprint density at radius 1 is 1.00 bits per heavy atom. The maximum absolute atomic E-state index is 14.8. The monoisotopic (exact) mass is 747 g/mol. The number of aromatic nitrogens is 2. The summed E-state index contributed by atoms with van der Waals surface area (Å²) in [4.78, 5) is 30.5. The van der Waals surface area contributed by atoms with E-state index in [0.717, 1.165) is 22.3 Å². The maximum Gasteiger partial charge on any atom is 0.522 e. The molecule has 6 rings (SSSR count). The molecule has 4 bridgehead atoms. The molecule has 1 amide bonds. The number of rotatable bonds is 4. The minimum absolute atomic E-state index is 0.00784. The van der Waals surface area contributed by atoms with Crippen LogP contribution in [0.15, 0.2) is 94.0 Å². The summed E-state index contributed by atoms with van der Waals surface area (Å²) in [6, 6.07) is 11.7. The maximum atomic E-state index is 14.8. The SMILES string of the molecule is Cc1cccc(C)c1-c1cc2nc(n1)NS(=O)c1cccc(c1)C(=O)N1C(C3=C\CC\C=C(C=CC(C)(C)C)/C=N/3)CCC[C@@H](OC(F)(F)F)[C@@H]1CO2. The fraction of sp³-hybridized carbons (Fsp3) is 0.400. The van der Waals surface area contributed by atoms with E-state index in [1.54, 1.807) is 30.5 Å². The molecule has 0 saturated carbocycles. The number of amides is 1. The summed E-state index contributed by atoms with van der Waals surface area (Å²) in [5, 5.41) is 0. The number of nitrogens with zero attached hydrogens (tertiary/aromatic N) is 4. The largest absolute Gasteiger partial charge is 0.522 e. The van der Waals surface area contributed by atoms with Crippen LogP contribution in [-0.2, 0) is 15.7 Å². The first-order valence-electron chi connectivity index (χ1n) is 17.7. The molecule has 0 radical (unpaired) electrons. The number of aliphatic imine (C=N–C) groups is 1. The van der Waals surface area contributed by atoms with Gasteiger partial charge in [0.25, 0.3) is 5.91 Å². The van der Waals surface area contributed by atoms with Crippen LogP contribution >= 0.6 is 0 Å². The average molecular weight is 748 g/mol. The summed E-state index contributed by atoms with van der Waals surface area (Å²) in [7, 11) is -1.91. The zero-order valence-corrected chi connectivity index (χ0v) is 31.3. The number of nitrogens with one attached hydrogen (secondary N) is 1. The Hall–Kier alpha value is -4.62. The van der Waals surface area contributed by atoms with E-state index < -0.39 is 41.4 Å². The van der Waals surface area contributed by atoms with Crippen molar-refractivity contribution in [1.29, 1.82) is 0 Å². The lowest BCUT2D eigenvalue weighted by molar-refractivity contribution is -0.348. The third-order valence-corrected chi connectivity index (χ3v) is 10.4. The molecule has 13 heteroatoms. The molecule has 1 aromatic heterocycles. The summed E-state index contributed by atoms with van der Waals surface area (Å²) in [5.74, 6) is -0.535. The smallest absolute Gasteiger partial charge is 0.475 e. The molecule has 3 aromatic rings. The molecule has 280 valence electrons. The van der Waals surface area contributed by atoms with Crippen LogP contribution in [0.4, 0.5) is 19.1 Å². The van der Waals surface area contributed by atoms with Crippen LogP contribution in [-0.4, -0.2) is 62.4 Å². The number of carbonyl (C=O) groups excluding carboxylic acids is 1. The molecule has 0 aliphatic carbocycles. The normalized spacial score (nSPS) is 25.4. The van der Waals surface area contributed by atoms with E-state index in [1.807, 2.05) is 44.2 Å². The Balaban J connectivity index is 1.49. The van der Waals surface area contributed by atoms with E-state index in [0.29, 0.717) is 37.1 Å². The second kappa shape index (κ2) is 15.8. The molecule has 1 N–H and O–H groups in total. The first-order chi connectivity index (χ1) is 25.1. The van der Waals surface area contributed by atoms with Crippen molar-refractivity contribution in [3.8, 4) is 17.1 Å². The van der Waals surface area contributed by atoms with Crippen molar-refractivity contribution in [2.45, 2.75) is 96.2 Å². The molecule has 2 aromatic carbocycles. The minimum Gasteiger partial charge on any atom is -0.475 e. The van der Waals surface area contributed by atoms with E-state index >= 15 is 0 Å². The van der Waals surface area contributed by atoms with Crippen molar-refractivity contribution in [3.63, 3.8) is 0 Å². The van der Waals surface area contributed by atoms with Crippen molar-refractivity contribution in [2.75, 3.05) is 11.3 Å². The first kappa shape index (κ1) is 38.1. The van der Waals surface area contributed by atoms with Gasteiger partial charge in [-0.25, -0.2) is 9.19 Å². The van der Waals surface area contributed by atoms with Gasteiger partial charge in [-0.1, -0.05) is 69.3 Å². The van der Waals surface area contributed by atoms with E-state index in [1.165, 1.54) is 11.0 Å². The predicted molar refractivity (Wildman–Crippen MR) is 200 cm³/mol. The van der Waals surface area contributed by atoms with Gasteiger partial charge >= 0.3 is 6.36 Å². The number of hydrogen-bond donors (Lipinski definition) is 1. The number of anilines is 1. The van der Waals surface area contributed by atoms with Gasteiger partial charge in [0.15, 0.2) is 11.0 Å².